The number of sulfone groups is 1. The lowest BCUT2D eigenvalue weighted by Crippen LogP contribution is -2.35. The second-order valence-electron chi connectivity index (χ2n) is 3.67. The Labute approximate surface area is 73.0 Å². The third kappa shape index (κ3) is 0.880. The zero-order chi connectivity index (χ0) is 8.82. The molecule has 0 aliphatic carbocycles. The Kier molecular flexibility index (Phi) is 1.60. The third-order valence-corrected chi connectivity index (χ3v) is 5.29. The molecule has 0 aromatic heterocycles. The van der Waals surface area contributed by atoms with Gasteiger partial charge in [0.05, 0.1) is 4.75 Å². The van der Waals surface area contributed by atoms with Crippen molar-refractivity contribution in [3.8, 4) is 0 Å². The van der Waals surface area contributed by atoms with Gasteiger partial charge in [0.15, 0.2) is 9.84 Å². The van der Waals surface area contributed by atoms with Gasteiger partial charge in [-0.1, -0.05) is 6.58 Å². The van der Waals surface area contributed by atoms with Crippen molar-refractivity contribution in [3.63, 3.8) is 0 Å². The van der Waals surface area contributed by atoms with Crippen molar-refractivity contribution in [3.05, 3.63) is 12.0 Å². The first kappa shape index (κ1) is 8.26. The van der Waals surface area contributed by atoms with E-state index in [0.717, 1.165) is 37.9 Å². The quantitative estimate of drug-likeness (QED) is 0.627. The Bertz CT molecular complexity index is 299. The second kappa shape index (κ2) is 2.33. The average molecular weight is 187 g/mol. The molecule has 2 aliphatic heterocycles. The first-order valence-electron chi connectivity index (χ1n) is 4.19. The summed E-state index contributed by atoms with van der Waals surface area (Å²) in [6.07, 6.45) is 1.59. The number of nitrogens with zero attached hydrogens (tertiary/aromatic N) is 1. The van der Waals surface area contributed by atoms with E-state index >= 15 is 0 Å². The van der Waals surface area contributed by atoms with Gasteiger partial charge < -0.3 is 4.90 Å². The van der Waals surface area contributed by atoms with Gasteiger partial charge >= 0.3 is 0 Å². The Morgan fingerprint density at radius 2 is 1.92 bits per heavy atom. The summed E-state index contributed by atoms with van der Waals surface area (Å²) >= 11 is 0. The summed E-state index contributed by atoms with van der Waals surface area (Å²) < 4.78 is 22.8. The van der Waals surface area contributed by atoms with Crippen LogP contribution in [0.15, 0.2) is 12.0 Å². The van der Waals surface area contributed by atoms with Gasteiger partial charge in [0.2, 0.25) is 0 Å². The second-order valence-corrected chi connectivity index (χ2v) is 5.96. The zero-order valence-corrected chi connectivity index (χ0v) is 7.81. The molecule has 0 radical (unpaired) electrons. The predicted molar refractivity (Wildman–Crippen MR) is 47.5 cm³/mol. The molecule has 0 spiro atoms. The van der Waals surface area contributed by atoms with E-state index in [2.05, 4.69) is 11.5 Å². The number of hydrogen-bond donors (Lipinski definition) is 0. The van der Waals surface area contributed by atoms with Crippen molar-refractivity contribution in [2.24, 2.45) is 0 Å². The van der Waals surface area contributed by atoms with Crippen LogP contribution in [0, 0.1) is 0 Å². The molecule has 0 aromatic rings. The van der Waals surface area contributed by atoms with Crippen molar-refractivity contribution in [1.29, 1.82) is 0 Å². The maximum atomic E-state index is 11.6. The van der Waals surface area contributed by atoms with Crippen LogP contribution in [0.2, 0.25) is 0 Å². The molecule has 2 aliphatic rings. The fourth-order valence-electron chi connectivity index (χ4n) is 2.24. The summed E-state index contributed by atoms with van der Waals surface area (Å²) in [4.78, 5) is 2.21. The first-order chi connectivity index (χ1) is 5.60. The molecule has 4 heteroatoms. The summed E-state index contributed by atoms with van der Waals surface area (Å²) in [5.41, 5.74) is 0. The predicted octanol–water partition coefficient (Wildman–Crippen LogP) is 0.393. The van der Waals surface area contributed by atoms with Crippen LogP contribution in [0.1, 0.15) is 12.8 Å². The molecule has 2 saturated heterocycles. The van der Waals surface area contributed by atoms with Crippen molar-refractivity contribution >= 4 is 9.84 Å². The lowest BCUT2D eigenvalue weighted by molar-refractivity contribution is 0.369. The molecule has 2 fully saturated rings. The van der Waals surface area contributed by atoms with Gasteiger partial charge in [0.25, 0.3) is 0 Å². The lowest BCUT2D eigenvalue weighted by Gasteiger charge is -2.22. The van der Waals surface area contributed by atoms with Crippen LogP contribution in [0.5, 0.6) is 0 Å². The monoisotopic (exact) mass is 187 g/mol. The van der Waals surface area contributed by atoms with E-state index in [4.69, 9.17) is 0 Å². The van der Waals surface area contributed by atoms with Crippen LogP contribution in [0.25, 0.3) is 0 Å². The smallest absolute Gasteiger partial charge is 0.178 e. The van der Waals surface area contributed by atoms with Crippen molar-refractivity contribution < 1.29 is 8.42 Å². The van der Waals surface area contributed by atoms with Gasteiger partial charge in [-0.25, -0.2) is 8.42 Å². The minimum Gasteiger partial charge on any atom is -0.302 e. The minimum atomic E-state index is -3.05. The van der Waals surface area contributed by atoms with E-state index < -0.39 is 14.6 Å². The maximum absolute atomic E-state index is 11.6. The Morgan fingerprint density at radius 1 is 1.33 bits per heavy atom. The fourth-order valence-corrected chi connectivity index (χ4v) is 3.70. The van der Waals surface area contributed by atoms with Crippen LogP contribution < -0.4 is 0 Å². The highest BCUT2D eigenvalue weighted by Crippen LogP contribution is 2.39. The molecular formula is C8H13NO2S. The lowest BCUT2D eigenvalue weighted by atomic mass is 10.1. The van der Waals surface area contributed by atoms with Crippen LogP contribution in [-0.2, 0) is 9.84 Å². The van der Waals surface area contributed by atoms with Crippen molar-refractivity contribution in [2.45, 2.75) is 17.6 Å². The fraction of sp³-hybridized carbons (Fsp3) is 0.750. The summed E-state index contributed by atoms with van der Waals surface area (Å²) in [5.74, 6) is 0. The molecule has 0 unspecified atom stereocenters. The molecule has 0 saturated carbocycles. The Hall–Kier alpha value is -0.350. The summed E-state index contributed by atoms with van der Waals surface area (Å²) in [7, 11) is -3.05. The van der Waals surface area contributed by atoms with E-state index in [1.165, 1.54) is 0 Å². The summed E-state index contributed by atoms with van der Waals surface area (Å²) in [6, 6.07) is 0. The number of fused-ring (bicyclic) bond motifs is 2. The Morgan fingerprint density at radius 3 is 2.25 bits per heavy atom. The molecule has 0 atom stereocenters. The number of rotatable bonds is 2. The highest BCUT2D eigenvalue weighted by atomic mass is 32.2. The molecule has 2 heterocycles. The van der Waals surface area contributed by atoms with Crippen molar-refractivity contribution in [2.75, 3.05) is 19.6 Å². The number of hydrogen-bond acceptors (Lipinski definition) is 3. The van der Waals surface area contributed by atoms with Crippen LogP contribution in [0.4, 0.5) is 0 Å². The minimum absolute atomic E-state index is 0.464. The zero-order valence-electron chi connectivity index (χ0n) is 6.99. The van der Waals surface area contributed by atoms with Gasteiger partial charge in [0.1, 0.15) is 0 Å². The van der Waals surface area contributed by atoms with E-state index in [0.29, 0.717) is 0 Å². The largest absolute Gasteiger partial charge is 0.302 e. The molecule has 68 valence electrons. The first-order valence-corrected chi connectivity index (χ1v) is 5.74. The molecule has 2 bridgehead atoms. The van der Waals surface area contributed by atoms with E-state index in [1.807, 2.05) is 0 Å². The van der Waals surface area contributed by atoms with Crippen LogP contribution in [-0.4, -0.2) is 37.7 Å². The molecular weight excluding hydrogens is 174 g/mol. The van der Waals surface area contributed by atoms with Gasteiger partial charge in [-0.3, -0.25) is 0 Å². The average Bonchev–Trinajstić information content (AvgIpc) is 2.64. The highest BCUT2D eigenvalue weighted by Gasteiger charge is 2.51. The van der Waals surface area contributed by atoms with E-state index in [-0.39, 0.29) is 0 Å². The van der Waals surface area contributed by atoms with Crippen LogP contribution >= 0.6 is 0 Å². The summed E-state index contributed by atoms with van der Waals surface area (Å²) in [5, 5.41) is 1.13. The number of piperidine rings is 1. The van der Waals surface area contributed by atoms with Gasteiger partial charge in [-0.2, -0.15) is 0 Å². The van der Waals surface area contributed by atoms with Gasteiger partial charge in [-0.15, -0.1) is 0 Å². The molecule has 0 amide bonds. The maximum Gasteiger partial charge on any atom is 0.178 e. The van der Waals surface area contributed by atoms with Gasteiger partial charge in [0, 0.05) is 12.0 Å². The van der Waals surface area contributed by atoms with E-state index in [9.17, 15) is 8.42 Å². The molecule has 0 N–H and O–H groups in total. The standard InChI is InChI=1S/C8H13NO2S/c1-2-12(10,11)8-3-5-9(7-8)6-4-8/h2H,1,3-7H2. The molecule has 2 rings (SSSR count). The van der Waals surface area contributed by atoms with Crippen LogP contribution in [0.3, 0.4) is 0 Å². The summed E-state index contributed by atoms with van der Waals surface area (Å²) in [6.45, 7) is 5.98. The third-order valence-electron chi connectivity index (χ3n) is 3.10. The molecule has 12 heavy (non-hydrogen) atoms. The normalized spacial score (nSPS) is 40.2. The topological polar surface area (TPSA) is 37.4 Å². The molecule has 0 aromatic carbocycles. The SMILES string of the molecule is C=CS(=O)(=O)C12CCN(CC1)C2. The molecule has 3 nitrogen and oxygen atoms in total. The highest BCUT2D eigenvalue weighted by molar-refractivity contribution is 7.95. The van der Waals surface area contributed by atoms with Crippen molar-refractivity contribution in [1.82, 2.24) is 4.90 Å². The Balaban J connectivity index is 2.39. The van der Waals surface area contributed by atoms with Gasteiger partial charge in [-0.05, 0) is 25.9 Å². The van der Waals surface area contributed by atoms with E-state index in [1.54, 1.807) is 0 Å².